The van der Waals surface area contributed by atoms with Crippen LogP contribution in [-0.2, 0) is 0 Å². The van der Waals surface area contributed by atoms with Crippen molar-refractivity contribution in [1.82, 2.24) is 4.31 Å². The number of urea groups is 1. The van der Waals surface area contributed by atoms with E-state index in [1.54, 1.807) is 0 Å². The van der Waals surface area contributed by atoms with Crippen LogP contribution in [0.25, 0.3) is 0 Å². The number of hydrogen-bond donors (Lipinski definition) is 1. The number of amides is 2. The smallest absolute Gasteiger partial charge is 0.325 e. The van der Waals surface area contributed by atoms with Crippen molar-refractivity contribution in [3.63, 3.8) is 0 Å². The summed E-state index contributed by atoms with van der Waals surface area (Å²) in [5, 5.41) is 0. The van der Waals surface area contributed by atoms with Crippen molar-refractivity contribution in [3.8, 4) is 0 Å². The molecule has 0 aliphatic carbocycles. The molecule has 0 unspecified atom stereocenters. The van der Waals surface area contributed by atoms with E-state index >= 15 is 0 Å². The number of nitrogens with two attached hydrogens (primary N) is 1. The first kappa shape index (κ1) is 6.48. The Balaban J connectivity index is 2.44. The fourth-order valence-electron chi connectivity index (χ4n) is 0.578. The van der Waals surface area contributed by atoms with E-state index in [-0.39, 0.29) is 6.03 Å². The zero-order valence-electron chi connectivity index (χ0n) is 4.91. The Morgan fingerprint density at radius 3 is 2.78 bits per heavy atom. The molecule has 9 heavy (non-hydrogen) atoms. The minimum atomic E-state index is -0.357. The molecule has 50 valence electrons. The predicted octanol–water partition coefficient (Wildman–Crippen LogP) is 0.585. The summed E-state index contributed by atoms with van der Waals surface area (Å²) in [4.78, 5) is 10.4. The van der Waals surface area contributed by atoms with Crippen molar-refractivity contribution in [2.24, 2.45) is 5.73 Å². The second-order valence-corrected chi connectivity index (χ2v) is 2.70. The molecule has 1 heterocycles. The lowest BCUT2D eigenvalue weighted by Crippen LogP contribution is -2.31. The number of nitrogens with zero attached hydrogens (tertiary/aromatic N) is 1. The van der Waals surface area contributed by atoms with E-state index in [2.05, 4.69) is 0 Å². The molecule has 0 fully saturated rings. The van der Waals surface area contributed by atoms with Crippen molar-refractivity contribution >= 4 is 18.0 Å². The van der Waals surface area contributed by atoms with Crippen LogP contribution in [-0.4, -0.2) is 22.6 Å². The molecule has 0 radical (unpaired) electrons. The number of hydrogen-bond acceptors (Lipinski definition) is 2. The average Bonchev–Trinajstić information content (AvgIpc) is 1.90. The van der Waals surface area contributed by atoms with Gasteiger partial charge in [0.2, 0.25) is 0 Å². The standard InChI is InChI=1S/C5H8N2OS/c6-5(8)7-3-1-2-4-9-7/h1-2H,3-4H2,(H2,6,8). The van der Waals surface area contributed by atoms with Crippen LogP contribution < -0.4 is 5.73 Å². The highest BCUT2D eigenvalue weighted by atomic mass is 32.2. The lowest BCUT2D eigenvalue weighted by molar-refractivity contribution is 0.237. The van der Waals surface area contributed by atoms with Gasteiger partial charge in [-0.25, -0.2) is 4.79 Å². The predicted molar refractivity (Wildman–Crippen MR) is 37.9 cm³/mol. The average molecular weight is 144 g/mol. The highest BCUT2D eigenvalue weighted by Gasteiger charge is 2.09. The first-order chi connectivity index (χ1) is 4.30. The number of carbonyl (C=O) groups excluding carboxylic acids is 1. The number of carbonyl (C=O) groups is 1. The van der Waals surface area contributed by atoms with E-state index in [1.165, 1.54) is 16.3 Å². The molecule has 4 heteroatoms. The third kappa shape index (κ3) is 1.64. The van der Waals surface area contributed by atoms with Gasteiger partial charge in [-0.1, -0.05) is 12.2 Å². The maximum Gasteiger partial charge on any atom is 0.325 e. The van der Waals surface area contributed by atoms with Crippen molar-refractivity contribution in [3.05, 3.63) is 12.2 Å². The molecule has 2 N–H and O–H groups in total. The van der Waals surface area contributed by atoms with Gasteiger partial charge < -0.3 is 5.73 Å². The molecule has 0 saturated carbocycles. The molecule has 1 aliphatic rings. The maximum absolute atomic E-state index is 10.4. The van der Waals surface area contributed by atoms with Crippen LogP contribution in [0.15, 0.2) is 12.2 Å². The first-order valence-electron chi connectivity index (χ1n) is 2.65. The van der Waals surface area contributed by atoms with Gasteiger partial charge in [0.05, 0.1) is 6.54 Å². The van der Waals surface area contributed by atoms with Gasteiger partial charge in [0.25, 0.3) is 0 Å². The Bertz CT molecular complexity index is 146. The van der Waals surface area contributed by atoms with Crippen LogP contribution in [0.5, 0.6) is 0 Å². The summed E-state index contributed by atoms with van der Waals surface area (Å²) in [5.41, 5.74) is 5.00. The Morgan fingerprint density at radius 2 is 2.44 bits per heavy atom. The highest BCUT2D eigenvalue weighted by molar-refractivity contribution is 7.97. The van der Waals surface area contributed by atoms with Crippen LogP contribution in [0.2, 0.25) is 0 Å². The maximum atomic E-state index is 10.4. The normalized spacial score (nSPS) is 18.0. The van der Waals surface area contributed by atoms with E-state index in [4.69, 9.17) is 5.73 Å². The molecule has 0 atom stereocenters. The second kappa shape index (κ2) is 2.77. The first-order valence-corrected chi connectivity index (χ1v) is 3.60. The van der Waals surface area contributed by atoms with Gasteiger partial charge in [0.15, 0.2) is 0 Å². The quantitative estimate of drug-likeness (QED) is 0.399. The van der Waals surface area contributed by atoms with Crippen LogP contribution in [0.3, 0.4) is 0 Å². The third-order valence-corrected chi connectivity index (χ3v) is 1.99. The molecular formula is C5H8N2OS. The van der Waals surface area contributed by atoms with Crippen LogP contribution in [0.4, 0.5) is 4.79 Å². The van der Waals surface area contributed by atoms with Crippen LogP contribution in [0.1, 0.15) is 0 Å². The van der Waals surface area contributed by atoms with Crippen molar-refractivity contribution in [2.45, 2.75) is 0 Å². The van der Waals surface area contributed by atoms with E-state index in [9.17, 15) is 4.79 Å². The fourth-order valence-corrected chi connectivity index (χ4v) is 1.30. The molecule has 1 rings (SSSR count). The van der Waals surface area contributed by atoms with Gasteiger partial charge in [0.1, 0.15) is 0 Å². The van der Waals surface area contributed by atoms with Gasteiger partial charge in [0, 0.05) is 5.75 Å². The minimum absolute atomic E-state index is 0.357. The zero-order valence-corrected chi connectivity index (χ0v) is 5.73. The number of rotatable bonds is 0. The Kier molecular flexibility index (Phi) is 2.00. The van der Waals surface area contributed by atoms with E-state index in [0.717, 1.165) is 5.75 Å². The molecule has 3 nitrogen and oxygen atoms in total. The fraction of sp³-hybridized carbons (Fsp3) is 0.400. The number of primary amides is 1. The van der Waals surface area contributed by atoms with Crippen molar-refractivity contribution in [1.29, 1.82) is 0 Å². The minimum Gasteiger partial charge on any atom is -0.351 e. The molecule has 0 aromatic carbocycles. The van der Waals surface area contributed by atoms with Gasteiger partial charge in [-0.3, -0.25) is 4.31 Å². The molecular weight excluding hydrogens is 136 g/mol. The third-order valence-electron chi connectivity index (χ3n) is 1.01. The topological polar surface area (TPSA) is 46.3 Å². The summed E-state index contributed by atoms with van der Waals surface area (Å²) < 4.78 is 1.53. The van der Waals surface area contributed by atoms with E-state index < -0.39 is 0 Å². The summed E-state index contributed by atoms with van der Waals surface area (Å²) in [5.74, 6) is 0.850. The van der Waals surface area contributed by atoms with Gasteiger partial charge in [-0.15, -0.1) is 0 Å². The lowest BCUT2D eigenvalue weighted by Gasteiger charge is -2.18. The largest absolute Gasteiger partial charge is 0.351 e. The Morgan fingerprint density at radius 1 is 1.67 bits per heavy atom. The summed E-state index contributed by atoms with van der Waals surface area (Å²) >= 11 is 1.44. The monoisotopic (exact) mass is 144 g/mol. The second-order valence-electron chi connectivity index (χ2n) is 1.67. The summed E-state index contributed by atoms with van der Waals surface area (Å²) in [6.07, 6.45) is 3.95. The van der Waals surface area contributed by atoms with Crippen molar-refractivity contribution in [2.75, 3.05) is 12.3 Å². The molecule has 2 amide bonds. The molecule has 1 aliphatic heterocycles. The van der Waals surface area contributed by atoms with E-state index in [0.29, 0.717) is 6.54 Å². The van der Waals surface area contributed by atoms with Gasteiger partial charge >= 0.3 is 6.03 Å². The van der Waals surface area contributed by atoms with Gasteiger partial charge in [-0.05, 0) is 11.9 Å². The lowest BCUT2D eigenvalue weighted by atomic mass is 10.5. The summed E-state index contributed by atoms with van der Waals surface area (Å²) in [6.45, 7) is 0.639. The molecule has 0 bridgehead atoms. The summed E-state index contributed by atoms with van der Waals surface area (Å²) in [7, 11) is 0. The molecule has 0 saturated heterocycles. The Hall–Kier alpha value is -0.640. The van der Waals surface area contributed by atoms with Gasteiger partial charge in [-0.2, -0.15) is 0 Å². The molecule has 0 aromatic heterocycles. The SMILES string of the molecule is NC(=O)N1CC=CCS1. The van der Waals surface area contributed by atoms with Crippen molar-refractivity contribution < 1.29 is 4.79 Å². The van der Waals surface area contributed by atoms with Crippen LogP contribution >= 0.6 is 11.9 Å². The van der Waals surface area contributed by atoms with E-state index in [1.807, 2.05) is 12.2 Å². The zero-order chi connectivity index (χ0) is 6.69. The molecule has 0 spiro atoms. The molecule has 0 aromatic rings. The highest BCUT2D eigenvalue weighted by Crippen LogP contribution is 2.12. The summed E-state index contributed by atoms with van der Waals surface area (Å²) in [6, 6.07) is -0.357. The Labute approximate surface area is 58.0 Å². The van der Waals surface area contributed by atoms with Crippen LogP contribution in [0, 0.1) is 0 Å².